The van der Waals surface area contributed by atoms with Gasteiger partial charge in [-0.05, 0) is 33.1 Å². The van der Waals surface area contributed by atoms with Gasteiger partial charge in [-0.2, -0.15) is 13.2 Å². The zero-order chi connectivity index (χ0) is 17.8. The van der Waals surface area contributed by atoms with Gasteiger partial charge in [-0.25, -0.2) is 0 Å². The molecule has 1 aliphatic rings. The second kappa shape index (κ2) is 7.92. The normalized spacial score (nSPS) is 17.5. The molecule has 0 saturated heterocycles. The van der Waals surface area contributed by atoms with Crippen molar-refractivity contribution >= 4 is 29.8 Å². The molecule has 1 aliphatic carbocycles. The van der Waals surface area contributed by atoms with Gasteiger partial charge in [0.15, 0.2) is 0 Å². The zero-order valence-electron chi connectivity index (χ0n) is 13.4. The van der Waals surface area contributed by atoms with Crippen LogP contribution in [-0.2, 0) is 14.2 Å². The molecule has 23 heavy (non-hydrogen) atoms. The van der Waals surface area contributed by atoms with E-state index in [0.29, 0.717) is 29.7 Å². The maximum absolute atomic E-state index is 13.4. The highest BCUT2D eigenvalue weighted by atomic mass is 32.7. The fourth-order valence-electron chi connectivity index (χ4n) is 2.06. The van der Waals surface area contributed by atoms with Crippen molar-refractivity contribution in [3.05, 3.63) is 0 Å². The van der Waals surface area contributed by atoms with E-state index in [4.69, 9.17) is 0 Å². The number of rotatable bonds is 8. The number of halogens is 3. The Hall–Kier alpha value is -0.690. The smallest absolute Gasteiger partial charge is 0.274 e. The number of hydrogen-bond acceptors (Lipinski definition) is 4. The van der Waals surface area contributed by atoms with Crippen LogP contribution in [0.2, 0.25) is 0 Å². The van der Waals surface area contributed by atoms with Crippen LogP contribution in [0.5, 0.6) is 0 Å². The number of amides is 2. The van der Waals surface area contributed by atoms with Gasteiger partial charge in [0.25, 0.3) is 0 Å². The Labute approximate surface area is 138 Å². The van der Waals surface area contributed by atoms with E-state index in [1.807, 2.05) is 0 Å². The minimum Gasteiger partial charge on any atom is -0.274 e. The van der Waals surface area contributed by atoms with Gasteiger partial charge in [-0.3, -0.25) is 23.5 Å². The Morgan fingerprint density at radius 3 is 2.00 bits per heavy atom. The highest BCUT2D eigenvalue weighted by Crippen LogP contribution is 2.65. The Morgan fingerprint density at radius 2 is 1.65 bits per heavy atom. The molecule has 0 aromatic carbocycles. The van der Waals surface area contributed by atoms with E-state index in [0.717, 1.165) is 16.1 Å². The third-order valence-corrected chi connectivity index (χ3v) is 9.16. The average molecular weight is 374 g/mol. The first kappa shape index (κ1) is 20.4. The maximum atomic E-state index is 13.4. The van der Waals surface area contributed by atoms with E-state index in [9.17, 15) is 27.3 Å². The lowest BCUT2D eigenvalue weighted by atomic mass is 10.4. The lowest BCUT2D eigenvalue weighted by molar-refractivity contribution is -0.180. The van der Waals surface area contributed by atoms with E-state index in [2.05, 4.69) is 0 Å². The SMILES string of the molecule is CCCSP(=O)(N(CC)C(=O)C1CC1)N(CC)C(=O)C(F)(F)F. The van der Waals surface area contributed by atoms with Crippen LogP contribution in [0.4, 0.5) is 13.2 Å². The van der Waals surface area contributed by atoms with E-state index in [1.165, 1.54) is 6.92 Å². The number of carbonyl (C=O) groups excluding carboxylic acids is 2. The van der Waals surface area contributed by atoms with E-state index < -0.39 is 24.6 Å². The highest BCUT2D eigenvalue weighted by Gasteiger charge is 2.52. The van der Waals surface area contributed by atoms with Gasteiger partial charge in [-0.15, -0.1) is 0 Å². The molecular formula is C13H22F3N2O3PS. The number of carbonyl (C=O) groups is 2. The van der Waals surface area contributed by atoms with Crippen LogP contribution in [0.3, 0.4) is 0 Å². The van der Waals surface area contributed by atoms with Gasteiger partial charge in [-0.1, -0.05) is 18.3 Å². The Balaban J connectivity index is 3.23. The van der Waals surface area contributed by atoms with Crippen molar-refractivity contribution < 1.29 is 27.3 Å². The summed E-state index contributed by atoms with van der Waals surface area (Å²) in [5.74, 6) is -2.57. The molecule has 0 bridgehead atoms. The van der Waals surface area contributed by atoms with Crippen LogP contribution in [0.15, 0.2) is 0 Å². The standard InChI is InChI=1S/C13H22F3N2O3PS/c1-4-9-23-22(21,17(5-2)11(19)10-7-8-10)18(6-3)12(20)13(14,15)16/h10H,4-9H2,1-3H3. The van der Waals surface area contributed by atoms with Crippen LogP contribution in [0, 0.1) is 5.92 Å². The van der Waals surface area contributed by atoms with Gasteiger partial charge in [0.1, 0.15) is 0 Å². The van der Waals surface area contributed by atoms with Crippen molar-refractivity contribution in [3.8, 4) is 0 Å². The molecule has 0 radical (unpaired) electrons. The van der Waals surface area contributed by atoms with Crippen LogP contribution < -0.4 is 0 Å². The molecule has 0 aromatic heterocycles. The van der Waals surface area contributed by atoms with Gasteiger partial charge < -0.3 is 0 Å². The predicted molar refractivity (Wildman–Crippen MR) is 83.9 cm³/mol. The molecule has 0 heterocycles. The summed E-state index contributed by atoms with van der Waals surface area (Å²) >= 11 is 0.773. The van der Waals surface area contributed by atoms with Gasteiger partial charge >= 0.3 is 18.7 Å². The quantitative estimate of drug-likeness (QED) is 0.605. The van der Waals surface area contributed by atoms with Gasteiger partial charge in [0.05, 0.1) is 0 Å². The Bertz CT molecular complexity index is 497. The molecule has 1 saturated carbocycles. The summed E-state index contributed by atoms with van der Waals surface area (Å²) < 4.78 is 53.2. The summed E-state index contributed by atoms with van der Waals surface area (Å²) in [4.78, 5) is 24.1. The summed E-state index contributed by atoms with van der Waals surface area (Å²) in [6.07, 6.45) is -3.26. The Morgan fingerprint density at radius 1 is 1.13 bits per heavy atom. The molecular weight excluding hydrogens is 352 g/mol. The minimum absolute atomic E-state index is 0.00492. The van der Waals surface area contributed by atoms with Crippen molar-refractivity contribution in [3.63, 3.8) is 0 Å². The second-order valence-corrected chi connectivity index (χ2v) is 9.99. The molecule has 0 aliphatic heterocycles. The summed E-state index contributed by atoms with van der Waals surface area (Å²) in [6.45, 7) is 0.299. The first-order chi connectivity index (χ1) is 10.6. The van der Waals surface area contributed by atoms with Gasteiger partial charge in [0, 0.05) is 24.8 Å². The lowest BCUT2D eigenvalue weighted by Crippen LogP contribution is -2.43. The molecule has 5 nitrogen and oxygen atoms in total. The molecule has 1 rings (SSSR count). The molecule has 0 N–H and O–H groups in total. The molecule has 1 atom stereocenters. The number of alkyl halides is 3. The second-order valence-electron chi connectivity index (χ2n) is 5.17. The van der Waals surface area contributed by atoms with Crippen LogP contribution in [0.1, 0.15) is 40.0 Å². The van der Waals surface area contributed by atoms with E-state index in [1.54, 1.807) is 13.8 Å². The average Bonchev–Trinajstić information content (AvgIpc) is 3.30. The zero-order valence-corrected chi connectivity index (χ0v) is 15.1. The fraction of sp³-hybridized carbons (Fsp3) is 0.846. The number of hydrogen-bond donors (Lipinski definition) is 0. The highest BCUT2D eigenvalue weighted by molar-refractivity contribution is 8.56. The lowest BCUT2D eigenvalue weighted by Gasteiger charge is -2.37. The fourth-order valence-corrected chi connectivity index (χ4v) is 7.75. The van der Waals surface area contributed by atoms with Gasteiger partial charge in [0.2, 0.25) is 5.91 Å². The number of nitrogens with zero attached hydrogens (tertiary/aromatic N) is 2. The summed E-state index contributed by atoms with van der Waals surface area (Å²) in [5.41, 5.74) is 0. The maximum Gasteiger partial charge on any atom is 0.471 e. The minimum atomic E-state index is -5.12. The molecule has 134 valence electrons. The van der Waals surface area contributed by atoms with Crippen LogP contribution in [-0.4, -0.2) is 46.2 Å². The van der Waals surface area contributed by atoms with Crippen molar-refractivity contribution in [1.29, 1.82) is 0 Å². The topological polar surface area (TPSA) is 57.7 Å². The summed E-state index contributed by atoms with van der Waals surface area (Å²) in [5, 5.41) is 0. The third kappa shape index (κ3) is 4.66. The molecule has 1 fully saturated rings. The largest absolute Gasteiger partial charge is 0.471 e. The predicted octanol–water partition coefficient (Wildman–Crippen LogP) is 3.91. The molecule has 0 aromatic rings. The summed E-state index contributed by atoms with van der Waals surface area (Å²) in [7, 11) is 0. The molecule has 2 amide bonds. The summed E-state index contributed by atoms with van der Waals surface area (Å²) in [6, 6.07) is 0. The van der Waals surface area contributed by atoms with Crippen molar-refractivity contribution in [2.75, 3.05) is 18.8 Å². The molecule has 1 unspecified atom stereocenters. The van der Waals surface area contributed by atoms with Crippen LogP contribution in [0.25, 0.3) is 0 Å². The third-order valence-electron chi connectivity index (χ3n) is 3.33. The van der Waals surface area contributed by atoms with Crippen molar-refractivity contribution in [2.24, 2.45) is 5.92 Å². The van der Waals surface area contributed by atoms with E-state index in [-0.39, 0.29) is 19.0 Å². The Kier molecular flexibility index (Phi) is 7.01. The monoisotopic (exact) mass is 374 g/mol. The van der Waals surface area contributed by atoms with Crippen molar-refractivity contribution in [2.45, 2.75) is 46.2 Å². The molecule has 0 spiro atoms. The van der Waals surface area contributed by atoms with Crippen molar-refractivity contribution in [1.82, 2.24) is 9.34 Å². The van der Waals surface area contributed by atoms with Crippen LogP contribution >= 0.6 is 18.0 Å². The van der Waals surface area contributed by atoms with E-state index >= 15 is 0 Å². The first-order valence-corrected chi connectivity index (χ1v) is 10.8. The first-order valence-electron chi connectivity index (χ1n) is 7.59. The molecule has 10 heteroatoms.